The molecule has 6 nitrogen and oxygen atoms in total. The summed E-state index contributed by atoms with van der Waals surface area (Å²) in [5, 5.41) is 14.8. The van der Waals surface area contributed by atoms with Crippen LogP contribution in [-0.2, 0) is 0 Å². The molecule has 0 fully saturated rings. The summed E-state index contributed by atoms with van der Waals surface area (Å²) in [6, 6.07) is 8.58. The zero-order chi connectivity index (χ0) is 17.0. The van der Waals surface area contributed by atoms with Crippen molar-refractivity contribution in [3.05, 3.63) is 51.9 Å². The van der Waals surface area contributed by atoms with E-state index in [1.54, 1.807) is 0 Å². The van der Waals surface area contributed by atoms with Crippen molar-refractivity contribution in [1.82, 2.24) is 15.1 Å². The van der Waals surface area contributed by atoms with Crippen LogP contribution in [0.15, 0.2) is 35.1 Å². The van der Waals surface area contributed by atoms with E-state index in [2.05, 4.69) is 10.4 Å². The van der Waals surface area contributed by atoms with Gasteiger partial charge in [-0.05, 0) is 31.4 Å². The van der Waals surface area contributed by atoms with Gasteiger partial charge in [-0.1, -0.05) is 31.5 Å². The molecule has 0 saturated carbocycles. The molecule has 1 aromatic heterocycles. The molecule has 2 aromatic rings. The summed E-state index contributed by atoms with van der Waals surface area (Å²) in [7, 11) is 0. The number of aromatic nitrogens is 2. The van der Waals surface area contributed by atoms with Gasteiger partial charge in [-0.2, -0.15) is 0 Å². The topological polar surface area (TPSA) is 87.1 Å². The number of hydrogen-bond donors (Lipinski definition) is 3. The second-order valence-electron chi connectivity index (χ2n) is 6.02. The number of nitrogens with one attached hydrogen (secondary N) is 2. The molecule has 0 spiro atoms. The lowest BCUT2D eigenvalue weighted by Gasteiger charge is -2.21. The molecule has 0 bridgehead atoms. The minimum Gasteiger partial charge on any atom is -0.396 e. The molecule has 1 heterocycles. The zero-order valence-corrected chi connectivity index (χ0v) is 13.7. The van der Waals surface area contributed by atoms with E-state index < -0.39 is 0 Å². The van der Waals surface area contributed by atoms with Gasteiger partial charge in [0.1, 0.15) is 5.69 Å². The Kier molecular flexibility index (Phi) is 5.39. The molecular weight excluding hydrogens is 294 g/mol. The van der Waals surface area contributed by atoms with Gasteiger partial charge in [-0.25, -0.2) is 4.68 Å². The maximum absolute atomic E-state index is 12.3. The Morgan fingerprint density at radius 3 is 2.52 bits per heavy atom. The van der Waals surface area contributed by atoms with Gasteiger partial charge in [0, 0.05) is 18.7 Å². The maximum atomic E-state index is 12.3. The molecule has 0 aliphatic carbocycles. The summed E-state index contributed by atoms with van der Waals surface area (Å²) in [6.45, 7) is 5.92. The van der Waals surface area contributed by atoms with Crippen molar-refractivity contribution in [2.75, 3.05) is 6.61 Å². The van der Waals surface area contributed by atoms with Crippen LogP contribution in [0, 0.1) is 12.8 Å². The molecule has 0 aliphatic heterocycles. The predicted octanol–water partition coefficient (Wildman–Crippen LogP) is 1.61. The van der Waals surface area contributed by atoms with Crippen LogP contribution in [0.2, 0.25) is 0 Å². The van der Waals surface area contributed by atoms with Gasteiger partial charge in [0.25, 0.3) is 11.5 Å². The summed E-state index contributed by atoms with van der Waals surface area (Å²) < 4.78 is 1.34. The lowest BCUT2D eigenvalue weighted by Crippen LogP contribution is -2.39. The zero-order valence-electron chi connectivity index (χ0n) is 13.7. The number of hydrogen-bond acceptors (Lipinski definition) is 3. The first-order chi connectivity index (χ1) is 10.9. The highest BCUT2D eigenvalue weighted by Crippen LogP contribution is 2.09. The fourth-order valence-corrected chi connectivity index (χ4v) is 2.36. The Hall–Kier alpha value is -2.34. The second kappa shape index (κ2) is 7.28. The summed E-state index contributed by atoms with van der Waals surface area (Å²) in [5.74, 6) is -0.155. The summed E-state index contributed by atoms with van der Waals surface area (Å²) in [6.07, 6.45) is 0.478. The first-order valence-electron chi connectivity index (χ1n) is 7.73. The number of nitrogens with zero attached hydrogens (tertiary/aromatic N) is 1. The van der Waals surface area contributed by atoms with Crippen molar-refractivity contribution in [3.8, 4) is 5.69 Å². The van der Waals surface area contributed by atoms with Gasteiger partial charge in [-0.15, -0.1) is 0 Å². The number of aryl methyl sites for hydroxylation is 1. The van der Waals surface area contributed by atoms with Crippen molar-refractivity contribution >= 4 is 5.91 Å². The SMILES string of the molecule is Cc1ccc(-n2[nH]c(C(=O)NC(CCO)C(C)C)cc2=O)cc1. The standard InChI is InChI=1S/C17H23N3O3/c1-11(2)14(8-9-21)18-17(23)15-10-16(22)20(19-15)13-6-4-12(3)5-7-13/h4-7,10-11,14,19,21H,8-9H2,1-3H3,(H,18,23). The van der Waals surface area contributed by atoms with E-state index in [1.807, 2.05) is 45.0 Å². The van der Waals surface area contributed by atoms with Gasteiger partial charge in [-0.3, -0.25) is 14.7 Å². The van der Waals surface area contributed by atoms with Crippen LogP contribution in [0.25, 0.3) is 5.69 Å². The van der Waals surface area contributed by atoms with Crippen LogP contribution < -0.4 is 10.9 Å². The minimum absolute atomic E-state index is 0.00399. The Labute approximate surface area is 135 Å². The molecule has 1 atom stereocenters. The molecule has 1 amide bonds. The third-order valence-corrected chi connectivity index (χ3v) is 3.82. The molecule has 1 unspecified atom stereocenters. The number of aromatic amines is 1. The molecule has 0 saturated heterocycles. The van der Waals surface area contributed by atoms with Gasteiger partial charge in [0.2, 0.25) is 0 Å². The van der Waals surface area contributed by atoms with Crippen LogP contribution in [0.3, 0.4) is 0 Å². The average molecular weight is 317 g/mol. The van der Waals surface area contributed by atoms with E-state index in [-0.39, 0.29) is 35.7 Å². The molecule has 0 radical (unpaired) electrons. The average Bonchev–Trinajstić information content (AvgIpc) is 2.89. The van der Waals surface area contributed by atoms with Crippen LogP contribution in [-0.4, -0.2) is 33.4 Å². The van der Waals surface area contributed by atoms with Gasteiger partial charge in [0.15, 0.2) is 0 Å². The Morgan fingerprint density at radius 1 is 1.30 bits per heavy atom. The Balaban J connectivity index is 2.21. The van der Waals surface area contributed by atoms with E-state index in [0.717, 1.165) is 5.56 Å². The smallest absolute Gasteiger partial charge is 0.271 e. The minimum atomic E-state index is -0.347. The lowest BCUT2D eigenvalue weighted by atomic mass is 10.0. The van der Waals surface area contributed by atoms with E-state index in [0.29, 0.717) is 12.1 Å². The van der Waals surface area contributed by atoms with Crippen molar-refractivity contribution in [3.63, 3.8) is 0 Å². The highest BCUT2D eigenvalue weighted by Gasteiger charge is 2.19. The van der Waals surface area contributed by atoms with Crippen molar-refractivity contribution in [1.29, 1.82) is 0 Å². The molecular formula is C17H23N3O3. The Bertz CT molecular complexity index is 713. The van der Waals surface area contributed by atoms with Crippen LogP contribution in [0.4, 0.5) is 0 Å². The number of aliphatic hydroxyl groups is 1. The molecule has 2 rings (SSSR count). The van der Waals surface area contributed by atoms with Crippen molar-refractivity contribution in [2.24, 2.45) is 5.92 Å². The quantitative estimate of drug-likeness (QED) is 0.756. The fraction of sp³-hybridized carbons (Fsp3) is 0.412. The summed E-state index contributed by atoms with van der Waals surface area (Å²) in [5.41, 5.74) is 1.69. The number of rotatable bonds is 6. The number of carbonyl (C=O) groups excluding carboxylic acids is 1. The second-order valence-corrected chi connectivity index (χ2v) is 6.02. The normalized spacial score (nSPS) is 12.4. The van der Waals surface area contributed by atoms with E-state index in [1.165, 1.54) is 10.7 Å². The Morgan fingerprint density at radius 2 is 1.96 bits per heavy atom. The van der Waals surface area contributed by atoms with Crippen molar-refractivity contribution < 1.29 is 9.90 Å². The van der Waals surface area contributed by atoms with Crippen LogP contribution in [0.5, 0.6) is 0 Å². The number of benzene rings is 1. The first-order valence-corrected chi connectivity index (χ1v) is 7.73. The largest absolute Gasteiger partial charge is 0.396 e. The van der Waals surface area contributed by atoms with Crippen LogP contribution >= 0.6 is 0 Å². The third kappa shape index (κ3) is 4.10. The number of aliphatic hydroxyl groups excluding tert-OH is 1. The molecule has 1 aromatic carbocycles. The van der Waals surface area contributed by atoms with Gasteiger partial charge in [0.05, 0.1) is 5.69 Å². The third-order valence-electron chi connectivity index (χ3n) is 3.82. The number of carbonyl (C=O) groups is 1. The van der Waals surface area contributed by atoms with Gasteiger partial charge >= 0.3 is 0 Å². The van der Waals surface area contributed by atoms with E-state index in [9.17, 15) is 9.59 Å². The molecule has 23 heavy (non-hydrogen) atoms. The first kappa shape index (κ1) is 17.0. The maximum Gasteiger partial charge on any atom is 0.271 e. The summed E-state index contributed by atoms with van der Waals surface area (Å²) >= 11 is 0. The van der Waals surface area contributed by atoms with E-state index in [4.69, 9.17) is 5.11 Å². The molecule has 3 N–H and O–H groups in total. The monoisotopic (exact) mass is 317 g/mol. The molecule has 6 heteroatoms. The predicted molar refractivity (Wildman–Crippen MR) is 88.9 cm³/mol. The molecule has 0 aliphatic rings. The highest BCUT2D eigenvalue weighted by atomic mass is 16.3. The van der Waals surface area contributed by atoms with Crippen LogP contribution in [0.1, 0.15) is 36.3 Å². The van der Waals surface area contributed by atoms with Gasteiger partial charge < -0.3 is 10.4 Å². The summed E-state index contributed by atoms with van der Waals surface area (Å²) in [4.78, 5) is 24.4. The number of H-pyrrole nitrogens is 1. The fourth-order valence-electron chi connectivity index (χ4n) is 2.36. The highest BCUT2D eigenvalue weighted by molar-refractivity contribution is 5.92. The van der Waals surface area contributed by atoms with E-state index >= 15 is 0 Å². The van der Waals surface area contributed by atoms with Crippen molar-refractivity contribution in [2.45, 2.75) is 33.2 Å². The lowest BCUT2D eigenvalue weighted by molar-refractivity contribution is 0.0911. The number of amides is 1. The molecule has 124 valence electrons.